The van der Waals surface area contributed by atoms with Crippen molar-refractivity contribution in [1.82, 2.24) is 5.32 Å². The first-order chi connectivity index (χ1) is 9.58. The average molecular weight is 302 g/mol. The van der Waals surface area contributed by atoms with Gasteiger partial charge in [-0.3, -0.25) is 0 Å². The quantitative estimate of drug-likeness (QED) is 0.875. The normalized spacial score (nSPS) is 20.4. The molecule has 0 aromatic heterocycles. The zero-order valence-corrected chi connectivity index (χ0v) is 12.6. The molecule has 0 radical (unpaired) electrons. The number of rotatable bonds is 6. The summed E-state index contributed by atoms with van der Waals surface area (Å²) in [5, 5.41) is 3.34. The molecule has 20 heavy (non-hydrogen) atoms. The summed E-state index contributed by atoms with van der Waals surface area (Å²) in [4.78, 5) is 0. The number of hydrogen-bond acceptors (Lipinski definition) is 3. The highest BCUT2D eigenvalue weighted by molar-refractivity contribution is 6.32. The molecule has 112 valence electrons. The monoisotopic (exact) mass is 301 g/mol. The summed E-state index contributed by atoms with van der Waals surface area (Å²) in [5.74, 6) is 0.279. The van der Waals surface area contributed by atoms with Gasteiger partial charge in [-0.1, -0.05) is 17.7 Å². The lowest BCUT2D eigenvalue weighted by molar-refractivity contribution is -0.00373. The third-order valence-corrected chi connectivity index (χ3v) is 3.78. The van der Waals surface area contributed by atoms with Gasteiger partial charge in [0, 0.05) is 12.5 Å². The molecule has 0 unspecified atom stereocenters. The van der Waals surface area contributed by atoms with E-state index in [0.717, 1.165) is 19.5 Å². The Hall–Kier alpha value is -0.840. The van der Waals surface area contributed by atoms with Crippen LogP contribution in [-0.2, 0) is 4.74 Å². The summed E-state index contributed by atoms with van der Waals surface area (Å²) < 4.78 is 25.1. The van der Waals surface area contributed by atoms with Gasteiger partial charge in [0.25, 0.3) is 0 Å². The lowest BCUT2D eigenvalue weighted by atomic mass is 10.0. The van der Waals surface area contributed by atoms with Crippen molar-refractivity contribution in [3.8, 4) is 5.75 Å². The van der Waals surface area contributed by atoms with Crippen LogP contribution in [0.4, 0.5) is 4.39 Å². The van der Waals surface area contributed by atoms with E-state index in [1.165, 1.54) is 6.07 Å². The third-order valence-electron chi connectivity index (χ3n) is 3.41. The molecule has 0 aliphatic carbocycles. The van der Waals surface area contributed by atoms with Crippen LogP contribution in [0.1, 0.15) is 20.3 Å². The summed E-state index contributed by atoms with van der Waals surface area (Å²) in [5.41, 5.74) is 0. The van der Waals surface area contributed by atoms with E-state index in [4.69, 9.17) is 21.1 Å². The lowest BCUT2D eigenvalue weighted by Crippen LogP contribution is -2.34. The third kappa shape index (κ3) is 4.08. The average Bonchev–Trinajstić information content (AvgIpc) is 2.93. The van der Waals surface area contributed by atoms with Crippen LogP contribution in [0.5, 0.6) is 5.75 Å². The van der Waals surface area contributed by atoms with Crippen molar-refractivity contribution < 1.29 is 13.9 Å². The van der Waals surface area contributed by atoms with Gasteiger partial charge in [-0.05, 0) is 38.9 Å². The molecule has 1 saturated heterocycles. The largest absolute Gasteiger partial charge is 0.486 e. The Balaban J connectivity index is 2.07. The van der Waals surface area contributed by atoms with Gasteiger partial charge in [-0.2, -0.15) is 0 Å². The van der Waals surface area contributed by atoms with Crippen LogP contribution in [0.3, 0.4) is 0 Å². The molecule has 2 rings (SSSR count). The van der Waals surface area contributed by atoms with E-state index < -0.39 is 5.82 Å². The van der Waals surface area contributed by atoms with Gasteiger partial charge in [-0.25, -0.2) is 4.39 Å². The zero-order chi connectivity index (χ0) is 14.5. The molecule has 0 amide bonds. The predicted octanol–water partition coefficient (Wildman–Crippen LogP) is 3.26. The number of hydrogen-bond donors (Lipinski definition) is 1. The van der Waals surface area contributed by atoms with Crippen molar-refractivity contribution in [2.75, 3.05) is 19.7 Å². The molecule has 1 aliphatic heterocycles. The van der Waals surface area contributed by atoms with Crippen LogP contribution >= 0.6 is 11.6 Å². The fraction of sp³-hybridized carbons (Fsp3) is 0.600. The maximum absolute atomic E-state index is 13.5. The van der Waals surface area contributed by atoms with Crippen LogP contribution < -0.4 is 10.1 Å². The van der Waals surface area contributed by atoms with Crippen molar-refractivity contribution in [3.05, 3.63) is 29.0 Å². The SMILES string of the molecule is CC(C)OC[C@H](Oc1cccc(F)c1Cl)[C@H]1CCNC1. The first kappa shape index (κ1) is 15.5. The van der Waals surface area contributed by atoms with E-state index in [-0.39, 0.29) is 17.2 Å². The number of ether oxygens (including phenoxy) is 2. The lowest BCUT2D eigenvalue weighted by Gasteiger charge is -2.25. The zero-order valence-electron chi connectivity index (χ0n) is 11.9. The minimum absolute atomic E-state index is 0.0352. The fourth-order valence-electron chi connectivity index (χ4n) is 2.29. The molecule has 1 heterocycles. The van der Waals surface area contributed by atoms with Crippen molar-refractivity contribution >= 4 is 11.6 Å². The second-order valence-electron chi connectivity index (χ2n) is 5.34. The molecule has 1 aromatic carbocycles. The Morgan fingerprint density at radius 2 is 2.25 bits per heavy atom. The van der Waals surface area contributed by atoms with Crippen molar-refractivity contribution in [1.29, 1.82) is 0 Å². The van der Waals surface area contributed by atoms with Gasteiger partial charge in [0.15, 0.2) is 0 Å². The fourth-order valence-corrected chi connectivity index (χ4v) is 2.46. The highest BCUT2D eigenvalue weighted by Crippen LogP contribution is 2.29. The van der Waals surface area contributed by atoms with Crippen LogP contribution in [0.25, 0.3) is 0 Å². The summed E-state index contributed by atoms with van der Waals surface area (Å²) >= 11 is 5.95. The van der Waals surface area contributed by atoms with E-state index in [2.05, 4.69) is 5.32 Å². The molecule has 1 aromatic rings. The van der Waals surface area contributed by atoms with Gasteiger partial charge in [-0.15, -0.1) is 0 Å². The molecule has 0 bridgehead atoms. The summed E-state index contributed by atoms with van der Waals surface area (Å²) in [6.07, 6.45) is 1.05. The van der Waals surface area contributed by atoms with Gasteiger partial charge < -0.3 is 14.8 Å². The van der Waals surface area contributed by atoms with Gasteiger partial charge in [0.2, 0.25) is 0 Å². The van der Waals surface area contributed by atoms with E-state index in [1.54, 1.807) is 12.1 Å². The molecule has 3 nitrogen and oxygen atoms in total. The molecule has 0 saturated carbocycles. The summed E-state index contributed by atoms with van der Waals surface area (Å²) in [6, 6.07) is 4.62. The minimum Gasteiger partial charge on any atom is -0.486 e. The smallest absolute Gasteiger partial charge is 0.145 e. The Morgan fingerprint density at radius 1 is 1.45 bits per heavy atom. The number of halogens is 2. The molecular formula is C15H21ClFNO2. The molecule has 1 N–H and O–H groups in total. The number of nitrogens with one attached hydrogen (secondary N) is 1. The maximum atomic E-state index is 13.5. The van der Waals surface area contributed by atoms with Crippen LogP contribution in [0.2, 0.25) is 5.02 Å². The Morgan fingerprint density at radius 3 is 2.90 bits per heavy atom. The van der Waals surface area contributed by atoms with Crippen LogP contribution in [-0.4, -0.2) is 31.9 Å². The molecule has 1 fully saturated rings. The second kappa shape index (κ2) is 7.25. The molecular weight excluding hydrogens is 281 g/mol. The van der Waals surface area contributed by atoms with Gasteiger partial charge >= 0.3 is 0 Å². The highest BCUT2D eigenvalue weighted by Gasteiger charge is 2.28. The first-order valence-corrected chi connectivity index (χ1v) is 7.38. The second-order valence-corrected chi connectivity index (χ2v) is 5.72. The molecule has 1 aliphatic rings. The molecule has 5 heteroatoms. The van der Waals surface area contributed by atoms with Crippen molar-refractivity contribution in [2.24, 2.45) is 5.92 Å². The van der Waals surface area contributed by atoms with Crippen LogP contribution in [0.15, 0.2) is 18.2 Å². The summed E-state index contributed by atoms with van der Waals surface area (Å²) in [7, 11) is 0. The number of benzene rings is 1. The highest BCUT2D eigenvalue weighted by atomic mass is 35.5. The van der Waals surface area contributed by atoms with E-state index in [1.807, 2.05) is 13.8 Å². The topological polar surface area (TPSA) is 30.5 Å². The van der Waals surface area contributed by atoms with Gasteiger partial charge in [0.1, 0.15) is 22.7 Å². The Bertz CT molecular complexity index is 436. The van der Waals surface area contributed by atoms with Crippen molar-refractivity contribution in [2.45, 2.75) is 32.5 Å². The van der Waals surface area contributed by atoms with Crippen molar-refractivity contribution in [3.63, 3.8) is 0 Å². The first-order valence-electron chi connectivity index (χ1n) is 7.01. The van der Waals surface area contributed by atoms with Gasteiger partial charge in [0.05, 0.1) is 12.7 Å². The van der Waals surface area contributed by atoms with E-state index in [0.29, 0.717) is 18.3 Å². The maximum Gasteiger partial charge on any atom is 0.145 e. The van der Waals surface area contributed by atoms with Crippen LogP contribution in [0, 0.1) is 11.7 Å². The minimum atomic E-state index is -0.461. The Labute approximate surface area is 124 Å². The predicted molar refractivity (Wildman–Crippen MR) is 77.9 cm³/mol. The van der Waals surface area contributed by atoms with E-state index in [9.17, 15) is 4.39 Å². The summed E-state index contributed by atoms with van der Waals surface area (Å²) in [6.45, 7) is 6.32. The molecule has 2 atom stereocenters. The standard InChI is InChI=1S/C15H21ClFNO2/c1-10(2)19-9-14(11-6-7-18-8-11)20-13-5-3-4-12(17)15(13)16/h3-5,10-11,14,18H,6-9H2,1-2H3/t11-,14-/m0/s1. The molecule has 0 spiro atoms. The Kier molecular flexibility index (Phi) is 5.64. The van der Waals surface area contributed by atoms with E-state index >= 15 is 0 Å².